The van der Waals surface area contributed by atoms with Crippen LogP contribution in [0.2, 0.25) is 0 Å². The molecular formula is C18H20N2S. The molecule has 1 aliphatic carbocycles. The smallest absolute Gasteiger partial charge is 0.167 e. The molecule has 2 aromatic rings. The van der Waals surface area contributed by atoms with E-state index in [9.17, 15) is 0 Å². The van der Waals surface area contributed by atoms with Crippen molar-refractivity contribution in [1.29, 1.82) is 0 Å². The van der Waals surface area contributed by atoms with Crippen molar-refractivity contribution in [2.45, 2.75) is 31.3 Å². The molecule has 3 rings (SSSR count). The molecule has 1 fully saturated rings. The minimum absolute atomic E-state index is 0.0903. The first kappa shape index (κ1) is 14.1. The molecule has 0 aromatic heterocycles. The van der Waals surface area contributed by atoms with E-state index in [1.165, 1.54) is 30.4 Å². The third-order valence-corrected chi connectivity index (χ3v) is 4.22. The first-order valence-electron chi connectivity index (χ1n) is 7.50. The van der Waals surface area contributed by atoms with Gasteiger partial charge in [0.05, 0.1) is 6.04 Å². The number of rotatable bonds is 4. The third-order valence-electron chi connectivity index (χ3n) is 3.98. The zero-order valence-electron chi connectivity index (χ0n) is 12.0. The van der Waals surface area contributed by atoms with Crippen LogP contribution in [0.5, 0.6) is 0 Å². The predicted molar refractivity (Wildman–Crippen MR) is 91.2 cm³/mol. The number of thiocarbonyl (C=S) groups is 1. The summed E-state index contributed by atoms with van der Waals surface area (Å²) >= 11 is 5.48. The maximum Gasteiger partial charge on any atom is 0.167 e. The Hall–Kier alpha value is -1.87. The van der Waals surface area contributed by atoms with Gasteiger partial charge in [0.1, 0.15) is 0 Å². The van der Waals surface area contributed by atoms with Crippen LogP contribution in [-0.4, -0.2) is 11.2 Å². The quantitative estimate of drug-likeness (QED) is 0.839. The molecule has 0 bridgehead atoms. The molecule has 3 heteroatoms. The van der Waals surface area contributed by atoms with Crippen molar-refractivity contribution in [2.24, 2.45) is 0 Å². The van der Waals surface area contributed by atoms with Gasteiger partial charge in [-0.05, 0) is 42.6 Å². The molecule has 1 saturated carbocycles. The Balaban J connectivity index is 1.77. The standard InChI is InChI=1S/C18H20N2S/c21-18(19-16-12-7-13-16)20-17(14-8-3-1-4-9-14)15-10-5-2-6-11-15/h1-6,8-11,16-17H,7,12-13H2,(H2,19,20,21). The monoisotopic (exact) mass is 296 g/mol. The van der Waals surface area contributed by atoms with E-state index >= 15 is 0 Å². The van der Waals surface area contributed by atoms with E-state index in [-0.39, 0.29) is 6.04 Å². The molecule has 1 aliphatic rings. The second-order valence-electron chi connectivity index (χ2n) is 5.50. The largest absolute Gasteiger partial charge is 0.360 e. The van der Waals surface area contributed by atoms with E-state index in [1.54, 1.807) is 0 Å². The van der Waals surface area contributed by atoms with Gasteiger partial charge in [-0.15, -0.1) is 0 Å². The summed E-state index contributed by atoms with van der Waals surface area (Å²) in [5.74, 6) is 0. The summed E-state index contributed by atoms with van der Waals surface area (Å²) in [6, 6.07) is 21.5. The first-order chi connectivity index (χ1) is 10.3. The van der Waals surface area contributed by atoms with E-state index in [4.69, 9.17) is 12.2 Å². The van der Waals surface area contributed by atoms with Gasteiger partial charge in [0, 0.05) is 6.04 Å². The maximum atomic E-state index is 5.48. The Morgan fingerprint density at radius 2 is 1.43 bits per heavy atom. The maximum absolute atomic E-state index is 5.48. The van der Waals surface area contributed by atoms with Gasteiger partial charge in [-0.2, -0.15) is 0 Å². The van der Waals surface area contributed by atoms with E-state index in [0.29, 0.717) is 6.04 Å². The van der Waals surface area contributed by atoms with Gasteiger partial charge in [0.2, 0.25) is 0 Å². The Morgan fingerprint density at radius 3 is 1.86 bits per heavy atom. The van der Waals surface area contributed by atoms with Crippen molar-refractivity contribution in [1.82, 2.24) is 10.6 Å². The lowest BCUT2D eigenvalue weighted by atomic mass is 9.93. The van der Waals surface area contributed by atoms with Gasteiger partial charge in [-0.25, -0.2) is 0 Å². The first-order valence-corrected chi connectivity index (χ1v) is 7.90. The lowest BCUT2D eigenvalue weighted by molar-refractivity contribution is 0.381. The topological polar surface area (TPSA) is 24.1 Å². The summed E-state index contributed by atoms with van der Waals surface area (Å²) in [6.45, 7) is 0. The zero-order chi connectivity index (χ0) is 14.5. The van der Waals surface area contributed by atoms with Crippen molar-refractivity contribution in [3.8, 4) is 0 Å². The van der Waals surface area contributed by atoms with Gasteiger partial charge in [-0.3, -0.25) is 0 Å². The summed E-state index contributed by atoms with van der Waals surface area (Å²) in [6.07, 6.45) is 3.76. The Kier molecular flexibility index (Phi) is 4.51. The summed E-state index contributed by atoms with van der Waals surface area (Å²) in [5.41, 5.74) is 2.45. The van der Waals surface area contributed by atoms with E-state index in [0.717, 1.165) is 5.11 Å². The van der Waals surface area contributed by atoms with Crippen LogP contribution in [0.1, 0.15) is 36.4 Å². The number of nitrogens with one attached hydrogen (secondary N) is 2. The molecule has 0 amide bonds. The van der Waals surface area contributed by atoms with Crippen molar-refractivity contribution in [2.75, 3.05) is 0 Å². The van der Waals surface area contributed by atoms with E-state index in [1.807, 2.05) is 12.1 Å². The second-order valence-corrected chi connectivity index (χ2v) is 5.91. The van der Waals surface area contributed by atoms with Gasteiger partial charge in [0.15, 0.2) is 5.11 Å². The van der Waals surface area contributed by atoms with E-state index < -0.39 is 0 Å². The average Bonchev–Trinajstić information content (AvgIpc) is 2.50. The molecule has 0 radical (unpaired) electrons. The zero-order valence-corrected chi connectivity index (χ0v) is 12.8. The minimum atomic E-state index is 0.0903. The molecule has 0 spiro atoms. The highest BCUT2D eigenvalue weighted by atomic mass is 32.1. The van der Waals surface area contributed by atoms with Gasteiger partial charge in [-0.1, -0.05) is 60.7 Å². The lowest BCUT2D eigenvalue weighted by Gasteiger charge is -2.30. The summed E-state index contributed by atoms with van der Waals surface area (Å²) in [5, 5.41) is 7.62. The molecule has 2 nitrogen and oxygen atoms in total. The lowest BCUT2D eigenvalue weighted by Crippen LogP contribution is -2.46. The van der Waals surface area contributed by atoms with Gasteiger partial charge < -0.3 is 10.6 Å². The molecule has 0 atom stereocenters. The van der Waals surface area contributed by atoms with Crippen LogP contribution in [0.3, 0.4) is 0 Å². The van der Waals surface area contributed by atoms with Gasteiger partial charge in [0.25, 0.3) is 0 Å². The fourth-order valence-electron chi connectivity index (χ4n) is 2.56. The Morgan fingerprint density at radius 1 is 0.905 bits per heavy atom. The average molecular weight is 296 g/mol. The number of hydrogen-bond acceptors (Lipinski definition) is 1. The molecule has 0 aliphatic heterocycles. The van der Waals surface area contributed by atoms with Crippen molar-refractivity contribution in [3.05, 3.63) is 71.8 Å². The van der Waals surface area contributed by atoms with Crippen molar-refractivity contribution in [3.63, 3.8) is 0 Å². The van der Waals surface area contributed by atoms with Crippen LogP contribution in [0, 0.1) is 0 Å². The molecule has 108 valence electrons. The van der Waals surface area contributed by atoms with Crippen LogP contribution in [-0.2, 0) is 0 Å². The van der Waals surface area contributed by atoms with Crippen LogP contribution in [0.15, 0.2) is 60.7 Å². The normalized spacial score (nSPS) is 14.5. The molecule has 21 heavy (non-hydrogen) atoms. The molecule has 2 N–H and O–H groups in total. The molecule has 0 saturated heterocycles. The van der Waals surface area contributed by atoms with Crippen molar-refractivity contribution >= 4 is 17.3 Å². The minimum Gasteiger partial charge on any atom is -0.360 e. The van der Waals surface area contributed by atoms with Crippen molar-refractivity contribution < 1.29 is 0 Å². The van der Waals surface area contributed by atoms with Crippen LogP contribution >= 0.6 is 12.2 Å². The van der Waals surface area contributed by atoms with Gasteiger partial charge >= 0.3 is 0 Å². The second kappa shape index (κ2) is 6.72. The van der Waals surface area contributed by atoms with Crippen LogP contribution in [0.25, 0.3) is 0 Å². The third kappa shape index (κ3) is 3.61. The van der Waals surface area contributed by atoms with Crippen LogP contribution < -0.4 is 10.6 Å². The predicted octanol–water partition coefficient (Wildman–Crippen LogP) is 3.79. The highest BCUT2D eigenvalue weighted by Crippen LogP contribution is 2.22. The summed E-state index contributed by atoms with van der Waals surface area (Å²) in [7, 11) is 0. The number of hydrogen-bond donors (Lipinski definition) is 2. The fraction of sp³-hybridized carbons (Fsp3) is 0.278. The highest BCUT2D eigenvalue weighted by Gasteiger charge is 2.20. The Bertz CT molecular complexity index is 539. The van der Waals surface area contributed by atoms with Crippen LogP contribution in [0.4, 0.5) is 0 Å². The molecule has 0 heterocycles. The molecular weight excluding hydrogens is 276 g/mol. The molecule has 2 aromatic carbocycles. The summed E-state index contributed by atoms with van der Waals surface area (Å²) in [4.78, 5) is 0. The summed E-state index contributed by atoms with van der Waals surface area (Å²) < 4.78 is 0. The fourth-order valence-corrected chi connectivity index (χ4v) is 2.85. The Labute approximate surface area is 131 Å². The SMILES string of the molecule is S=C(NC1CCC1)NC(c1ccccc1)c1ccccc1. The highest BCUT2D eigenvalue weighted by molar-refractivity contribution is 7.80. The van der Waals surface area contributed by atoms with E-state index in [2.05, 4.69) is 59.2 Å². The molecule has 0 unspecified atom stereocenters. The number of benzene rings is 2.